The van der Waals surface area contributed by atoms with Gasteiger partial charge in [-0.15, -0.1) is 0 Å². The molecule has 1 aliphatic heterocycles. The first-order chi connectivity index (χ1) is 8.51. The summed E-state index contributed by atoms with van der Waals surface area (Å²) in [6.45, 7) is 2.05. The summed E-state index contributed by atoms with van der Waals surface area (Å²) in [5.74, 6) is -0.201. The summed E-state index contributed by atoms with van der Waals surface area (Å²) in [5, 5.41) is 19.6. The molecule has 0 radical (unpaired) electrons. The van der Waals surface area contributed by atoms with Crippen LogP contribution in [0.15, 0.2) is 15.1 Å². The van der Waals surface area contributed by atoms with Crippen LogP contribution in [0.5, 0.6) is 0 Å². The Bertz CT molecular complexity index is 406. The molecule has 18 heavy (non-hydrogen) atoms. The predicted molar refractivity (Wildman–Crippen MR) is 65.6 cm³/mol. The monoisotopic (exact) mass is 275 g/mol. The number of nitrogens with two attached hydrogens (primary N) is 1. The molecule has 0 aromatic rings. The van der Waals surface area contributed by atoms with Crippen molar-refractivity contribution >= 4 is 34.6 Å². The molecule has 9 nitrogen and oxygen atoms in total. The third kappa shape index (κ3) is 5.12. The molecule has 0 unspecified atom stereocenters. The predicted octanol–water partition coefficient (Wildman–Crippen LogP) is -0.207. The van der Waals surface area contributed by atoms with Crippen LogP contribution in [0.2, 0.25) is 0 Å². The summed E-state index contributed by atoms with van der Waals surface area (Å²) in [4.78, 5) is 19.0. The van der Waals surface area contributed by atoms with Crippen molar-refractivity contribution in [1.29, 1.82) is 0 Å². The van der Waals surface area contributed by atoms with Gasteiger partial charge in [0.05, 0.1) is 13.0 Å². The van der Waals surface area contributed by atoms with Gasteiger partial charge in [0, 0.05) is 11.5 Å². The van der Waals surface area contributed by atoms with Crippen LogP contribution in [-0.4, -0.2) is 50.9 Å². The van der Waals surface area contributed by atoms with Gasteiger partial charge in [0.15, 0.2) is 5.17 Å². The number of ether oxygens (including phenoxy) is 1. The number of rotatable bonds is 4. The van der Waals surface area contributed by atoms with Crippen molar-refractivity contribution < 1.29 is 19.9 Å². The SMILES string of the molecule is CCOC(=O)CC1=NC(=NC(N)=NN(O)O)SC1. The maximum atomic E-state index is 11.2. The summed E-state index contributed by atoms with van der Waals surface area (Å²) in [5.41, 5.74) is 5.90. The van der Waals surface area contributed by atoms with E-state index in [1.54, 1.807) is 6.92 Å². The van der Waals surface area contributed by atoms with Gasteiger partial charge in [-0.05, 0) is 12.3 Å². The van der Waals surface area contributed by atoms with Gasteiger partial charge in [-0.25, -0.2) is 15.4 Å². The summed E-state index contributed by atoms with van der Waals surface area (Å²) < 4.78 is 4.78. The number of hydrogen-bond donors (Lipinski definition) is 3. The van der Waals surface area contributed by atoms with Crippen molar-refractivity contribution in [2.75, 3.05) is 12.4 Å². The molecule has 0 fully saturated rings. The molecule has 10 heteroatoms. The summed E-state index contributed by atoms with van der Waals surface area (Å²) in [7, 11) is 0. The van der Waals surface area contributed by atoms with Gasteiger partial charge in [0.25, 0.3) is 0 Å². The van der Waals surface area contributed by atoms with E-state index in [1.807, 2.05) is 0 Å². The average molecular weight is 275 g/mol. The molecule has 100 valence electrons. The van der Waals surface area contributed by atoms with E-state index >= 15 is 0 Å². The van der Waals surface area contributed by atoms with E-state index in [1.165, 1.54) is 11.8 Å². The van der Waals surface area contributed by atoms with Gasteiger partial charge in [-0.2, -0.15) is 4.99 Å². The zero-order valence-electron chi connectivity index (χ0n) is 9.61. The highest BCUT2D eigenvalue weighted by Gasteiger charge is 2.17. The Kier molecular flexibility index (Phi) is 5.55. The second-order valence-corrected chi connectivity index (χ2v) is 4.01. The lowest BCUT2D eigenvalue weighted by Crippen LogP contribution is -2.16. The van der Waals surface area contributed by atoms with Crippen LogP contribution in [0.1, 0.15) is 13.3 Å². The number of esters is 1. The summed E-state index contributed by atoms with van der Waals surface area (Å²) in [6.07, 6.45) is 0.100. The standard InChI is InChI=1S/C8H13N5O4S/c1-2-17-6(14)3-5-4-18-8(10-5)11-7(9)12-13(15)16/h15-16H,2-4H2,1H3,(H2,9,12). The maximum absolute atomic E-state index is 11.2. The quantitative estimate of drug-likeness (QED) is 0.280. The van der Waals surface area contributed by atoms with Crippen molar-refractivity contribution in [3.63, 3.8) is 0 Å². The van der Waals surface area contributed by atoms with E-state index in [0.717, 1.165) is 0 Å². The van der Waals surface area contributed by atoms with Crippen molar-refractivity contribution in [3.05, 3.63) is 0 Å². The Labute approximate surface area is 107 Å². The molecule has 0 aliphatic carbocycles. The zero-order valence-corrected chi connectivity index (χ0v) is 10.4. The molecule has 0 bridgehead atoms. The van der Waals surface area contributed by atoms with Crippen molar-refractivity contribution in [2.45, 2.75) is 13.3 Å². The molecule has 0 aromatic carbocycles. The number of hydrogen-bond acceptors (Lipinski definition) is 7. The van der Waals surface area contributed by atoms with Crippen LogP contribution in [0.3, 0.4) is 0 Å². The van der Waals surface area contributed by atoms with E-state index < -0.39 is 5.34 Å². The van der Waals surface area contributed by atoms with Gasteiger partial charge in [0.1, 0.15) is 0 Å². The number of amidine groups is 1. The first-order valence-electron chi connectivity index (χ1n) is 4.96. The fraction of sp³-hybridized carbons (Fsp3) is 0.500. The smallest absolute Gasteiger partial charge is 0.311 e. The molecule has 0 saturated heterocycles. The van der Waals surface area contributed by atoms with Crippen molar-refractivity contribution in [2.24, 2.45) is 20.8 Å². The first kappa shape index (κ1) is 14.4. The van der Waals surface area contributed by atoms with E-state index in [-0.39, 0.29) is 18.3 Å². The fourth-order valence-electron chi connectivity index (χ4n) is 1.09. The minimum Gasteiger partial charge on any atom is -0.466 e. The molecular weight excluding hydrogens is 262 g/mol. The molecule has 0 saturated carbocycles. The fourth-order valence-corrected chi connectivity index (χ4v) is 1.90. The van der Waals surface area contributed by atoms with Gasteiger partial charge < -0.3 is 10.5 Å². The maximum Gasteiger partial charge on any atom is 0.311 e. The second-order valence-electron chi connectivity index (χ2n) is 3.07. The van der Waals surface area contributed by atoms with Gasteiger partial charge in [0.2, 0.25) is 5.96 Å². The summed E-state index contributed by atoms with van der Waals surface area (Å²) >= 11 is 1.26. The zero-order chi connectivity index (χ0) is 13.5. The van der Waals surface area contributed by atoms with E-state index in [4.69, 9.17) is 20.9 Å². The molecule has 0 spiro atoms. The van der Waals surface area contributed by atoms with E-state index in [9.17, 15) is 4.79 Å². The molecule has 1 heterocycles. The molecule has 0 aromatic heterocycles. The number of aliphatic imine (C=N–C) groups is 2. The normalized spacial score (nSPS) is 17.8. The lowest BCUT2D eigenvalue weighted by Gasteiger charge is -1.99. The van der Waals surface area contributed by atoms with Crippen molar-refractivity contribution in [1.82, 2.24) is 5.34 Å². The van der Waals surface area contributed by atoms with Gasteiger partial charge in [-0.3, -0.25) is 4.79 Å². The van der Waals surface area contributed by atoms with Crippen LogP contribution in [0.4, 0.5) is 0 Å². The number of thioether (sulfide) groups is 1. The number of guanidine groups is 1. The van der Waals surface area contributed by atoms with Gasteiger partial charge in [-0.1, -0.05) is 16.9 Å². The highest BCUT2D eigenvalue weighted by atomic mass is 32.2. The molecular formula is C8H13N5O4S. The molecule has 4 N–H and O–H groups in total. The first-order valence-corrected chi connectivity index (χ1v) is 5.95. The Hall–Kier alpha value is -1.65. The number of carbonyl (C=O) groups excluding carboxylic acids is 1. The molecule has 1 rings (SSSR count). The Balaban J connectivity index is 2.60. The average Bonchev–Trinajstić information content (AvgIpc) is 2.64. The second kappa shape index (κ2) is 6.93. The highest BCUT2D eigenvalue weighted by molar-refractivity contribution is 8.15. The summed E-state index contributed by atoms with van der Waals surface area (Å²) in [6, 6.07) is 0. The van der Waals surface area contributed by atoms with Crippen LogP contribution in [0.25, 0.3) is 0 Å². The van der Waals surface area contributed by atoms with E-state index in [0.29, 0.717) is 23.2 Å². The molecule has 0 atom stereocenters. The molecule has 0 amide bonds. The lowest BCUT2D eigenvalue weighted by atomic mass is 10.3. The van der Waals surface area contributed by atoms with Crippen LogP contribution in [-0.2, 0) is 9.53 Å². The largest absolute Gasteiger partial charge is 0.466 e. The molecule has 1 aliphatic rings. The van der Waals surface area contributed by atoms with Crippen molar-refractivity contribution in [3.8, 4) is 0 Å². The Morgan fingerprint density at radius 3 is 3.00 bits per heavy atom. The third-order valence-corrected chi connectivity index (χ3v) is 2.60. The topological polar surface area (TPSA) is 133 Å². The van der Waals surface area contributed by atoms with Crippen LogP contribution < -0.4 is 5.73 Å². The third-order valence-electron chi connectivity index (χ3n) is 1.68. The highest BCUT2D eigenvalue weighted by Crippen LogP contribution is 2.16. The number of nitrogens with zero attached hydrogens (tertiary/aromatic N) is 4. The van der Waals surface area contributed by atoms with Crippen LogP contribution in [0, 0.1) is 0 Å². The minimum atomic E-state index is -0.442. The Morgan fingerprint density at radius 2 is 2.39 bits per heavy atom. The van der Waals surface area contributed by atoms with Gasteiger partial charge >= 0.3 is 5.97 Å². The Morgan fingerprint density at radius 1 is 1.67 bits per heavy atom. The van der Waals surface area contributed by atoms with Crippen LogP contribution >= 0.6 is 11.8 Å². The number of carbonyl (C=O) groups is 1. The lowest BCUT2D eigenvalue weighted by molar-refractivity contribution is -0.307. The minimum absolute atomic E-state index is 0.100. The number of hydrazone groups is 1. The van der Waals surface area contributed by atoms with E-state index in [2.05, 4.69) is 15.1 Å².